The molecule has 7 heterocycles. The molecule has 8 heteroatoms. The van der Waals surface area contributed by atoms with Gasteiger partial charge in [-0.25, -0.2) is 0 Å². The van der Waals surface area contributed by atoms with Gasteiger partial charge < -0.3 is 17.7 Å². The van der Waals surface area contributed by atoms with Crippen molar-refractivity contribution >= 4 is 117 Å². The number of furan rings is 4. The average molecular weight is 852 g/mol. The van der Waals surface area contributed by atoms with Gasteiger partial charge in [0, 0.05) is 67.2 Å². The van der Waals surface area contributed by atoms with Crippen molar-refractivity contribution in [3.8, 4) is 22.6 Å². The van der Waals surface area contributed by atoms with Gasteiger partial charge in [0.25, 0.3) is 0 Å². The number of fused-ring (bicyclic) bond motifs is 12. The lowest BCUT2D eigenvalue weighted by Crippen LogP contribution is -2.75. The first kappa shape index (κ1) is 35.9. The van der Waals surface area contributed by atoms with Crippen LogP contribution in [0.1, 0.15) is 0 Å². The van der Waals surface area contributed by atoms with E-state index in [1.165, 1.54) is 10.4 Å². The Balaban J connectivity index is 1.07. The summed E-state index contributed by atoms with van der Waals surface area (Å²) in [4.78, 5) is 14.8. The summed E-state index contributed by atoms with van der Waals surface area (Å²) in [5, 5.41) is 12.6. The molecule has 0 aliphatic carbocycles. The van der Waals surface area contributed by atoms with E-state index >= 15 is 0 Å². The van der Waals surface area contributed by atoms with Crippen LogP contribution in [-0.2, 0) is 0 Å². The fraction of sp³-hybridized carbons (Fsp3) is 0. The predicted octanol–water partition coefficient (Wildman–Crippen LogP) is 12.2. The van der Waals surface area contributed by atoms with Crippen LogP contribution in [0.4, 0.5) is 0 Å². The molecule has 0 fully saturated rings. The molecule has 304 valence electrons. The highest BCUT2D eigenvalue weighted by molar-refractivity contribution is 7.21. The molecule has 65 heavy (non-hydrogen) atoms. The minimum Gasteiger partial charge on any atom is -0.455 e. The number of hydrogen-bond acceptors (Lipinski definition) is 7. The number of pyridine rings is 3. The normalized spacial score (nSPS) is 12.3. The summed E-state index contributed by atoms with van der Waals surface area (Å²) in [6.07, 6.45) is 5.52. The van der Waals surface area contributed by atoms with Crippen LogP contribution >= 0.6 is 0 Å². The van der Waals surface area contributed by atoms with Crippen molar-refractivity contribution in [3.63, 3.8) is 0 Å². The van der Waals surface area contributed by atoms with Crippen molar-refractivity contribution in [3.05, 3.63) is 201 Å². The Bertz CT molecular complexity index is 3930. The van der Waals surface area contributed by atoms with Crippen LogP contribution in [0.25, 0.3) is 110 Å². The Morgan fingerprint density at radius 1 is 0.277 bits per heavy atom. The van der Waals surface area contributed by atoms with Crippen LogP contribution in [0.5, 0.6) is 0 Å². The Morgan fingerprint density at radius 2 is 0.662 bits per heavy atom. The van der Waals surface area contributed by atoms with E-state index in [9.17, 15) is 0 Å². The summed E-state index contributed by atoms with van der Waals surface area (Å²) in [5.41, 5.74) is 8.92. The van der Waals surface area contributed by atoms with Crippen LogP contribution in [0.3, 0.4) is 0 Å². The van der Waals surface area contributed by atoms with E-state index in [1.807, 2.05) is 73.2 Å². The first-order chi connectivity index (χ1) is 32.3. The van der Waals surface area contributed by atoms with Crippen molar-refractivity contribution in [1.29, 1.82) is 0 Å². The van der Waals surface area contributed by atoms with E-state index < -0.39 is 8.07 Å². The zero-order chi connectivity index (χ0) is 42.6. The van der Waals surface area contributed by atoms with Crippen molar-refractivity contribution in [2.45, 2.75) is 0 Å². The van der Waals surface area contributed by atoms with Crippen LogP contribution in [0.2, 0.25) is 0 Å². The molecule has 7 aromatic heterocycles. The standard InChI is InChI=1S/C57H33N3O4Si/c1-3-14-34(15-4-1)65(35-16-5-2-6-17-35,47-26-12-21-39-38-20-11-23-44(52(38)63-53(39)47)49-55-41(28-31-58-49)36-18-7-9-24-45(36)61-55)48-27-13-22-40-43-30-33-60-51(57(43)64-54(40)48)50-56-42(29-32-59-50)37-19-8-10-25-46(37)62-56/h1-33H. The highest BCUT2D eigenvalue weighted by atomic mass is 28.3. The highest BCUT2D eigenvalue weighted by Gasteiger charge is 2.46. The van der Waals surface area contributed by atoms with E-state index in [4.69, 9.17) is 32.6 Å². The third kappa shape index (κ3) is 5.02. The molecule has 7 aromatic carbocycles. The fourth-order valence-corrected chi connectivity index (χ4v) is 15.5. The molecule has 14 aromatic rings. The third-order valence-corrected chi connectivity index (χ3v) is 18.0. The van der Waals surface area contributed by atoms with Crippen LogP contribution < -0.4 is 20.7 Å². The molecular weight excluding hydrogens is 819 g/mol. The average Bonchev–Trinajstić information content (AvgIpc) is 4.16. The molecule has 0 spiro atoms. The second kappa shape index (κ2) is 13.7. The smallest absolute Gasteiger partial charge is 0.188 e. The molecule has 0 amide bonds. The molecule has 14 rings (SSSR count). The lowest BCUT2D eigenvalue weighted by molar-refractivity contribution is 0.663. The Kier molecular flexibility index (Phi) is 7.58. The Labute approximate surface area is 370 Å². The quantitative estimate of drug-likeness (QED) is 0.122. The van der Waals surface area contributed by atoms with Gasteiger partial charge in [-0.3, -0.25) is 15.0 Å². The van der Waals surface area contributed by atoms with Crippen molar-refractivity contribution in [2.24, 2.45) is 0 Å². The number of benzene rings is 7. The van der Waals surface area contributed by atoms with Gasteiger partial charge in [-0.15, -0.1) is 0 Å². The molecule has 0 unspecified atom stereocenters. The number of hydrogen-bond donors (Lipinski definition) is 0. The molecule has 0 radical (unpaired) electrons. The highest BCUT2D eigenvalue weighted by Crippen LogP contribution is 2.42. The second-order valence-corrected chi connectivity index (χ2v) is 20.3. The van der Waals surface area contributed by atoms with Gasteiger partial charge in [0.05, 0.1) is 0 Å². The van der Waals surface area contributed by atoms with Crippen LogP contribution in [0, 0.1) is 0 Å². The molecule has 0 bridgehead atoms. The van der Waals surface area contributed by atoms with E-state index in [1.54, 1.807) is 0 Å². The fourth-order valence-electron chi connectivity index (χ4n) is 10.5. The van der Waals surface area contributed by atoms with E-state index in [0.717, 1.165) is 98.2 Å². The lowest BCUT2D eigenvalue weighted by atomic mass is 10.0. The summed E-state index contributed by atoms with van der Waals surface area (Å²) >= 11 is 0. The number of nitrogens with zero attached hydrogens (tertiary/aromatic N) is 3. The second-order valence-electron chi connectivity index (χ2n) is 16.5. The molecular formula is C57H33N3O4Si. The summed E-state index contributed by atoms with van der Waals surface area (Å²) in [6, 6.07) is 63.5. The topological polar surface area (TPSA) is 91.2 Å². The zero-order valence-electron chi connectivity index (χ0n) is 34.5. The monoisotopic (exact) mass is 851 g/mol. The maximum Gasteiger partial charge on any atom is 0.188 e. The number of aromatic nitrogens is 3. The van der Waals surface area contributed by atoms with Gasteiger partial charge in [-0.1, -0.05) is 146 Å². The predicted molar refractivity (Wildman–Crippen MR) is 263 cm³/mol. The zero-order valence-corrected chi connectivity index (χ0v) is 35.5. The molecule has 7 nitrogen and oxygen atoms in total. The minimum absolute atomic E-state index is 0.626. The summed E-state index contributed by atoms with van der Waals surface area (Å²) in [5.74, 6) is 0. The third-order valence-electron chi connectivity index (χ3n) is 13.2. The van der Waals surface area contributed by atoms with E-state index in [2.05, 4.69) is 127 Å². The van der Waals surface area contributed by atoms with Gasteiger partial charge in [0.1, 0.15) is 45.0 Å². The maximum absolute atomic E-state index is 7.37. The summed E-state index contributed by atoms with van der Waals surface area (Å²) in [6.45, 7) is 0. The molecule has 0 aliphatic rings. The minimum atomic E-state index is -3.36. The number of para-hydroxylation sites is 5. The van der Waals surface area contributed by atoms with Crippen LogP contribution in [0.15, 0.2) is 218 Å². The maximum atomic E-state index is 7.37. The van der Waals surface area contributed by atoms with Crippen molar-refractivity contribution < 1.29 is 17.7 Å². The summed E-state index contributed by atoms with van der Waals surface area (Å²) in [7, 11) is -3.36. The van der Waals surface area contributed by atoms with Gasteiger partial charge in [0.15, 0.2) is 24.8 Å². The number of rotatable bonds is 6. The molecule has 0 aliphatic heterocycles. The van der Waals surface area contributed by atoms with Gasteiger partial charge in [-0.2, -0.15) is 0 Å². The Hall–Kier alpha value is -8.59. The molecule has 0 atom stereocenters. The Morgan fingerprint density at radius 3 is 1.22 bits per heavy atom. The first-order valence-electron chi connectivity index (χ1n) is 21.7. The summed E-state index contributed by atoms with van der Waals surface area (Å²) < 4.78 is 27.7. The van der Waals surface area contributed by atoms with Gasteiger partial charge in [0.2, 0.25) is 0 Å². The van der Waals surface area contributed by atoms with Crippen molar-refractivity contribution in [1.82, 2.24) is 15.0 Å². The lowest BCUT2D eigenvalue weighted by Gasteiger charge is -2.34. The first-order valence-corrected chi connectivity index (χ1v) is 23.7. The SMILES string of the molecule is c1ccc([Si](c2ccccc2)(c2cccc3c2oc2c(-c4nccc5c4oc4ccccc45)cccc23)c2cccc3c2oc2c(-c4nccc5c4oc4ccccc45)nccc23)cc1. The molecule has 0 saturated heterocycles. The van der Waals surface area contributed by atoms with Gasteiger partial charge in [-0.05, 0) is 57.1 Å². The van der Waals surface area contributed by atoms with Crippen LogP contribution in [-0.4, -0.2) is 23.0 Å². The molecule has 0 saturated carbocycles. The largest absolute Gasteiger partial charge is 0.455 e. The van der Waals surface area contributed by atoms with E-state index in [-0.39, 0.29) is 0 Å². The molecule has 0 N–H and O–H groups in total. The van der Waals surface area contributed by atoms with Gasteiger partial charge >= 0.3 is 0 Å². The van der Waals surface area contributed by atoms with E-state index in [0.29, 0.717) is 22.6 Å². The van der Waals surface area contributed by atoms with Crippen molar-refractivity contribution in [2.75, 3.05) is 0 Å².